The van der Waals surface area contributed by atoms with Gasteiger partial charge >= 0.3 is 0 Å². The summed E-state index contributed by atoms with van der Waals surface area (Å²) in [5.41, 5.74) is 5.91. The lowest BCUT2D eigenvalue weighted by atomic mass is 9.54. The molecule has 0 amide bonds. The van der Waals surface area contributed by atoms with Crippen molar-refractivity contribution < 1.29 is 9.90 Å². The van der Waals surface area contributed by atoms with Crippen LogP contribution in [0.5, 0.6) is 0 Å². The van der Waals surface area contributed by atoms with Gasteiger partial charge in [0.1, 0.15) is 0 Å². The molecule has 2 aliphatic carbocycles. The SMILES string of the molecule is Cn1nc2c(c1-c1ccccc1)CC[C@H]1[C@H](c3ccccc3)C(=O)/C(=C\O)C[C@]21C. The van der Waals surface area contributed by atoms with Gasteiger partial charge in [-0.15, -0.1) is 0 Å². The highest BCUT2D eigenvalue weighted by Gasteiger charge is 2.53. The molecule has 3 atom stereocenters. The first-order valence-electron chi connectivity index (χ1n) is 10.6. The van der Waals surface area contributed by atoms with E-state index in [9.17, 15) is 9.90 Å². The van der Waals surface area contributed by atoms with Crippen LogP contribution >= 0.6 is 0 Å². The molecule has 0 spiro atoms. The molecule has 1 saturated carbocycles. The number of hydrogen-bond donors (Lipinski definition) is 1. The number of allylic oxidation sites excluding steroid dienone is 1. The molecule has 3 aromatic rings. The van der Waals surface area contributed by atoms with Crippen molar-refractivity contribution in [3.8, 4) is 11.3 Å². The number of carbonyl (C=O) groups excluding carboxylic acids is 1. The van der Waals surface area contributed by atoms with E-state index in [0.717, 1.165) is 36.1 Å². The second-order valence-corrected chi connectivity index (χ2v) is 8.81. The van der Waals surface area contributed by atoms with E-state index in [1.807, 2.05) is 48.1 Å². The van der Waals surface area contributed by atoms with Gasteiger partial charge < -0.3 is 5.11 Å². The number of aliphatic hydroxyl groups is 1. The number of nitrogens with zero attached hydrogens (tertiary/aromatic N) is 2. The highest BCUT2D eigenvalue weighted by molar-refractivity contribution is 6.02. The molecule has 30 heavy (non-hydrogen) atoms. The van der Waals surface area contributed by atoms with Crippen molar-refractivity contribution in [1.82, 2.24) is 9.78 Å². The summed E-state index contributed by atoms with van der Waals surface area (Å²) >= 11 is 0. The third kappa shape index (κ3) is 2.67. The van der Waals surface area contributed by atoms with Crippen molar-refractivity contribution in [3.63, 3.8) is 0 Å². The van der Waals surface area contributed by atoms with Gasteiger partial charge in [-0.05, 0) is 30.7 Å². The van der Waals surface area contributed by atoms with Gasteiger partial charge in [0.2, 0.25) is 0 Å². The minimum atomic E-state index is -0.304. The smallest absolute Gasteiger partial charge is 0.169 e. The average Bonchev–Trinajstić information content (AvgIpc) is 3.12. The van der Waals surface area contributed by atoms with E-state index in [4.69, 9.17) is 5.10 Å². The topological polar surface area (TPSA) is 55.1 Å². The van der Waals surface area contributed by atoms with Crippen LogP contribution in [0, 0.1) is 5.92 Å². The summed E-state index contributed by atoms with van der Waals surface area (Å²) in [6.45, 7) is 2.23. The van der Waals surface area contributed by atoms with Crippen molar-refractivity contribution in [3.05, 3.63) is 89.3 Å². The van der Waals surface area contributed by atoms with Gasteiger partial charge in [0, 0.05) is 29.2 Å². The van der Waals surface area contributed by atoms with Crippen LogP contribution in [0.1, 0.15) is 42.5 Å². The third-order valence-electron chi connectivity index (χ3n) is 7.13. The number of rotatable bonds is 2. The Hall–Kier alpha value is -3.14. The number of Topliss-reactive ketones (excluding diaryl/α,β-unsaturated/α-hetero) is 1. The Morgan fingerprint density at radius 1 is 1.10 bits per heavy atom. The average molecular weight is 399 g/mol. The summed E-state index contributed by atoms with van der Waals surface area (Å²) in [5.74, 6) is -0.0466. The number of benzene rings is 2. The molecule has 0 aliphatic heterocycles. The molecular weight excluding hydrogens is 372 g/mol. The van der Waals surface area contributed by atoms with Crippen LogP contribution in [-0.4, -0.2) is 20.7 Å². The van der Waals surface area contributed by atoms with Gasteiger partial charge in [-0.25, -0.2) is 0 Å². The molecule has 1 fully saturated rings. The molecule has 1 heterocycles. The molecule has 2 aromatic carbocycles. The number of carbonyl (C=O) groups is 1. The summed E-state index contributed by atoms with van der Waals surface area (Å²) in [4.78, 5) is 13.3. The third-order valence-corrected chi connectivity index (χ3v) is 7.13. The lowest BCUT2D eigenvalue weighted by Crippen LogP contribution is -2.47. The predicted octanol–water partition coefficient (Wildman–Crippen LogP) is 5.11. The van der Waals surface area contributed by atoms with Gasteiger partial charge in [0.15, 0.2) is 5.78 Å². The molecule has 0 bridgehead atoms. The molecule has 0 saturated heterocycles. The lowest BCUT2D eigenvalue weighted by molar-refractivity contribution is -0.121. The number of aliphatic hydroxyl groups excluding tert-OH is 1. The lowest BCUT2D eigenvalue weighted by Gasteiger charge is -2.48. The highest BCUT2D eigenvalue weighted by atomic mass is 16.2. The number of ketones is 1. The molecule has 152 valence electrons. The summed E-state index contributed by atoms with van der Waals surface area (Å²) in [6.07, 6.45) is 3.38. The molecule has 1 N–H and O–H groups in total. The summed E-state index contributed by atoms with van der Waals surface area (Å²) in [6, 6.07) is 20.4. The molecule has 2 aliphatic rings. The second-order valence-electron chi connectivity index (χ2n) is 8.81. The summed E-state index contributed by atoms with van der Waals surface area (Å²) < 4.78 is 1.99. The van der Waals surface area contributed by atoms with Gasteiger partial charge in [-0.3, -0.25) is 9.48 Å². The fourth-order valence-corrected chi connectivity index (χ4v) is 5.78. The first kappa shape index (κ1) is 18.9. The quantitative estimate of drug-likeness (QED) is 0.482. The first-order chi connectivity index (χ1) is 14.5. The Morgan fingerprint density at radius 2 is 1.77 bits per heavy atom. The van der Waals surface area contributed by atoms with E-state index >= 15 is 0 Å². The van der Waals surface area contributed by atoms with Crippen molar-refractivity contribution in [2.75, 3.05) is 0 Å². The normalized spacial score (nSPS) is 27.0. The first-order valence-corrected chi connectivity index (χ1v) is 10.6. The minimum Gasteiger partial charge on any atom is -0.515 e. The van der Waals surface area contributed by atoms with E-state index in [2.05, 4.69) is 31.2 Å². The molecule has 5 rings (SSSR count). The van der Waals surface area contributed by atoms with Crippen molar-refractivity contribution >= 4 is 5.78 Å². The van der Waals surface area contributed by atoms with E-state index in [-0.39, 0.29) is 23.0 Å². The van der Waals surface area contributed by atoms with Crippen LogP contribution in [0.3, 0.4) is 0 Å². The van der Waals surface area contributed by atoms with Gasteiger partial charge in [-0.1, -0.05) is 67.6 Å². The maximum absolute atomic E-state index is 13.3. The zero-order valence-corrected chi connectivity index (χ0v) is 17.4. The zero-order chi connectivity index (χ0) is 20.9. The standard InChI is InChI=1S/C26H26N2O2/c1-26-15-19(16-29)24(30)22(17-9-5-3-6-10-17)21(26)14-13-20-23(28(2)27-25(20)26)18-11-7-4-8-12-18/h3-12,16,21-22,29H,13-15H2,1-2H3/b19-16-/t21-,22-,26-/m0/s1. The number of fused-ring (bicyclic) bond motifs is 3. The number of aryl methyl sites for hydroxylation is 1. The molecular formula is C26H26N2O2. The minimum absolute atomic E-state index is 0.0499. The van der Waals surface area contributed by atoms with E-state index < -0.39 is 0 Å². The fourth-order valence-electron chi connectivity index (χ4n) is 5.78. The maximum atomic E-state index is 13.3. The number of aromatic nitrogens is 2. The summed E-state index contributed by atoms with van der Waals surface area (Å²) in [5, 5.41) is 14.9. The zero-order valence-electron chi connectivity index (χ0n) is 17.4. The van der Waals surface area contributed by atoms with Gasteiger partial charge in [0.05, 0.1) is 23.6 Å². The van der Waals surface area contributed by atoms with E-state index in [0.29, 0.717) is 12.0 Å². The van der Waals surface area contributed by atoms with Crippen LogP contribution < -0.4 is 0 Å². The molecule has 0 radical (unpaired) electrons. The Kier molecular flexibility index (Phi) is 4.39. The predicted molar refractivity (Wildman–Crippen MR) is 117 cm³/mol. The number of hydrogen-bond acceptors (Lipinski definition) is 3. The van der Waals surface area contributed by atoms with Crippen LogP contribution in [0.25, 0.3) is 11.3 Å². The Morgan fingerprint density at radius 3 is 2.43 bits per heavy atom. The van der Waals surface area contributed by atoms with Crippen molar-refractivity contribution in [2.45, 2.75) is 37.5 Å². The monoisotopic (exact) mass is 398 g/mol. The van der Waals surface area contributed by atoms with Gasteiger partial charge in [0.25, 0.3) is 0 Å². The Labute approximate surface area is 176 Å². The molecule has 4 nitrogen and oxygen atoms in total. The van der Waals surface area contributed by atoms with Gasteiger partial charge in [-0.2, -0.15) is 5.10 Å². The largest absolute Gasteiger partial charge is 0.515 e. The van der Waals surface area contributed by atoms with Crippen molar-refractivity contribution in [1.29, 1.82) is 0 Å². The Bertz CT molecular complexity index is 1130. The van der Waals surface area contributed by atoms with Crippen LogP contribution in [-0.2, 0) is 23.7 Å². The van der Waals surface area contributed by atoms with Crippen molar-refractivity contribution in [2.24, 2.45) is 13.0 Å². The Balaban J connectivity index is 1.68. The van der Waals surface area contributed by atoms with Crippen LogP contribution in [0.2, 0.25) is 0 Å². The van der Waals surface area contributed by atoms with E-state index in [1.165, 1.54) is 11.1 Å². The fraction of sp³-hybridized carbons (Fsp3) is 0.308. The second kappa shape index (κ2) is 6.98. The van der Waals surface area contributed by atoms with Crippen LogP contribution in [0.4, 0.5) is 0 Å². The molecule has 1 aromatic heterocycles. The van der Waals surface area contributed by atoms with E-state index in [1.54, 1.807) is 0 Å². The van der Waals surface area contributed by atoms with Crippen LogP contribution in [0.15, 0.2) is 72.5 Å². The maximum Gasteiger partial charge on any atom is 0.169 e. The molecule has 4 heteroatoms. The summed E-state index contributed by atoms with van der Waals surface area (Å²) in [7, 11) is 2.00. The molecule has 0 unspecified atom stereocenters. The highest BCUT2D eigenvalue weighted by Crippen LogP contribution is 2.56.